The zero-order chi connectivity index (χ0) is 17.2. The molecule has 0 aliphatic rings. The van der Waals surface area contributed by atoms with E-state index in [2.05, 4.69) is 20.5 Å². The molecule has 1 aromatic carbocycles. The second kappa shape index (κ2) is 5.90. The molecule has 1 amide bonds. The number of hydrogen-bond donors (Lipinski definition) is 1. The van der Waals surface area contributed by atoms with E-state index in [0.717, 1.165) is 5.69 Å². The van der Waals surface area contributed by atoms with E-state index in [-0.39, 0.29) is 5.56 Å². The van der Waals surface area contributed by atoms with Crippen LogP contribution in [-0.4, -0.2) is 30.3 Å². The van der Waals surface area contributed by atoms with Crippen molar-refractivity contribution in [2.24, 2.45) is 0 Å². The topological polar surface area (TPSA) is 101 Å². The molecular formula is C17H11N7O. The van der Waals surface area contributed by atoms with Crippen LogP contribution in [0.4, 0.5) is 5.82 Å². The molecule has 0 fully saturated rings. The van der Waals surface area contributed by atoms with Gasteiger partial charge in [0.25, 0.3) is 5.91 Å². The van der Waals surface area contributed by atoms with Gasteiger partial charge in [0, 0.05) is 12.4 Å². The second-order valence-electron chi connectivity index (χ2n) is 5.17. The lowest BCUT2D eigenvalue weighted by atomic mass is 10.3. The molecule has 0 saturated heterocycles. The smallest absolute Gasteiger partial charge is 0.262 e. The summed E-state index contributed by atoms with van der Waals surface area (Å²) in [7, 11) is 0. The first-order valence-electron chi connectivity index (χ1n) is 7.41. The molecule has 0 aliphatic heterocycles. The molecule has 0 unspecified atom stereocenters. The van der Waals surface area contributed by atoms with Gasteiger partial charge in [-0.05, 0) is 18.2 Å². The van der Waals surface area contributed by atoms with Gasteiger partial charge in [-0.15, -0.1) is 0 Å². The molecule has 0 saturated carbocycles. The fraction of sp³-hybridized carbons (Fsp3) is 0. The minimum absolute atomic E-state index is 0.265. The molecule has 8 heteroatoms. The highest BCUT2D eigenvalue weighted by molar-refractivity contribution is 6.08. The number of nitriles is 1. The first-order chi connectivity index (χ1) is 12.3. The monoisotopic (exact) mass is 329 g/mol. The number of carbonyl (C=O) groups is 1. The third kappa shape index (κ3) is 2.49. The lowest BCUT2D eigenvalue weighted by molar-refractivity contribution is 0.102. The van der Waals surface area contributed by atoms with Crippen molar-refractivity contribution in [2.45, 2.75) is 0 Å². The highest BCUT2D eigenvalue weighted by atomic mass is 16.1. The summed E-state index contributed by atoms with van der Waals surface area (Å²) >= 11 is 0. The number of nitrogens with one attached hydrogen (secondary N) is 1. The number of anilines is 1. The van der Waals surface area contributed by atoms with Gasteiger partial charge >= 0.3 is 0 Å². The SMILES string of the molecule is N#Cc1cnn(-c2ccccc2)c1NC(=O)c1cnn2cccnc12. The van der Waals surface area contributed by atoms with Crippen molar-refractivity contribution in [1.82, 2.24) is 24.4 Å². The van der Waals surface area contributed by atoms with Gasteiger partial charge in [0.1, 0.15) is 17.2 Å². The Labute approximate surface area is 142 Å². The average molecular weight is 329 g/mol. The number of rotatable bonds is 3. The van der Waals surface area contributed by atoms with E-state index < -0.39 is 5.91 Å². The number of aromatic nitrogens is 5. The summed E-state index contributed by atoms with van der Waals surface area (Å²) in [5, 5.41) is 20.4. The van der Waals surface area contributed by atoms with Crippen LogP contribution in [0.15, 0.2) is 61.2 Å². The van der Waals surface area contributed by atoms with Crippen LogP contribution in [0.3, 0.4) is 0 Å². The molecular weight excluding hydrogens is 318 g/mol. The third-order valence-corrected chi connectivity index (χ3v) is 3.65. The first kappa shape index (κ1) is 14.6. The van der Waals surface area contributed by atoms with Gasteiger partial charge in [0.05, 0.1) is 18.1 Å². The van der Waals surface area contributed by atoms with Crippen molar-refractivity contribution < 1.29 is 4.79 Å². The van der Waals surface area contributed by atoms with Crippen LogP contribution in [0.2, 0.25) is 0 Å². The predicted octanol–water partition coefficient (Wildman–Crippen LogP) is 2.04. The Morgan fingerprint density at radius 3 is 2.76 bits per heavy atom. The molecule has 3 aromatic heterocycles. The maximum absolute atomic E-state index is 12.7. The van der Waals surface area contributed by atoms with Crippen molar-refractivity contribution in [3.8, 4) is 11.8 Å². The summed E-state index contributed by atoms with van der Waals surface area (Å²) in [4.78, 5) is 16.9. The van der Waals surface area contributed by atoms with Crippen LogP contribution in [0.25, 0.3) is 11.3 Å². The van der Waals surface area contributed by atoms with Gasteiger partial charge in [-0.3, -0.25) is 4.79 Å². The van der Waals surface area contributed by atoms with E-state index in [0.29, 0.717) is 17.0 Å². The van der Waals surface area contributed by atoms with E-state index >= 15 is 0 Å². The largest absolute Gasteiger partial charge is 0.305 e. The van der Waals surface area contributed by atoms with Gasteiger partial charge in [-0.2, -0.15) is 15.5 Å². The van der Waals surface area contributed by atoms with Crippen molar-refractivity contribution >= 4 is 17.4 Å². The second-order valence-corrected chi connectivity index (χ2v) is 5.17. The normalized spacial score (nSPS) is 10.5. The van der Waals surface area contributed by atoms with Crippen LogP contribution in [0, 0.1) is 11.3 Å². The molecule has 120 valence electrons. The Kier molecular flexibility index (Phi) is 3.44. The number of benzene rings is 1. The maximum atomic E-state index is 12.7. The van der Waals surface area contributed by atoms with Crippen LogP contribution < -0.4 is 5.32 Å². The summed E-state index contributed by atoms with van der Waals surface area (Å²) in [5.74, 6) is -0.114. The summed E-state index contributed by atoms with van der Waals surface area (Å²) in [6, 6.07) is 13.0. The molecule has 0 spiro atoms. The average Bonchev–Trinajstić information content (AvgIpc) is 3.26. The molecule has 0 aliphatic carbocycles. The van der Waals surface area contributed by atoms with Gasteiger partial charge in [0.15, 0.2) is 11.5 Å². The van der Waals surface area contributed by atoms with Crippen molar-refractivity contribution in [1.29, 1.82) is 5.26 Å². The van der Waals surface area contributed by atoms with Crippen LogP contribution in [0.1, 0.15) is 15.9 Å². The summed E-state index contributed by atoms with van der Waals surface area (Å²) in [6.45, 7) is 0. The number of hydrogen-bond acceptors (Lipinski definition) is 5. The van der Waals surface area contributed by atoms with E-state index in [9.17, 15) is 10.1 Å². The first-order valence-corrected chi connectivity index (χ1v) is 7.41. The lowest BCUT2D eigenvalue weighted by Crippen LogP contribution is -2.16. The zero-order valence-electron chi connectivity index (χ0n) is 12.9. The molecule has 0 bridgehead atoms. The van der Waals surface area contributed by atoms with Crippen LogP contribution in [-0.2, 0) is 0 Å². The fourth-order valence-electron chi connectivity index (χ4n) is 2.48. The lowest BCUT2D eigenvalue weighted by Gasteiger charge is -2.09. The molecule has 25 heavy (non-hydrogen) atoms. The molecule has 8 nitrogen and oxygen atoms in total. The molecule has 1 N–H and O–H groups in total. The van der Waals surface area contributed by atoms with Gasteiger partial charge < -0.3 is 5.32 Å². The molecule has 4 aromatic rings. The van der Waals surface area contributed by atoms with Gasteiger partial charge in [-0.25, -0.2) is 14.2 Å². The van der Waals surface area contributed by atoms with Crippen LogP contribution >= 0.6 is 0 Å². The van der Waals surface area contributed by atoms with Crippen molar-refractivity contribution in [3.05, 3.63) is 72.3 Å². The predicted molar refractivity (Wildman–Crippen MR) is 89.2 cm³/mol. The van der Waals surface area contributed by atoms with Crippen molar-refractivity contribution in [2.75, 3.05) is 5.32 Å². The minimum atomic E-state index is -0.414. The van der Waals surface area contributed by atoms with Gasteiger partial charge in [0.2, 0.25) is 0 Å². The molecule has 4 rings (SSSR count). The maximum Gasteiger partial charge on any atom is 0.262 e. The number of nitrogens with zero attached hydrogens (tertiary/aromatic N) is 6. The van der Waals surface area contributed by atoms with E-state index in [1.165, 1.54) is 21.6 Å². The Morgan fingerprint density at radius 1 is 1.12 bits per heavy atom. The Balaban J connectivity index is 1.75. The summed E-state index contributed by atoms with van der Waals surface area (Å²) in [5.41, 5.74) is 1.74. The number of fused-ring (bicyclic) bond motifs is 1. The summed E-state index contributed by atoms with van der Waals surface area (Å²) < 4.78 is 3.02. The Morgan fingerprint density at radius 2 is 1.96 bits per heavy atom. The fourth-order valence-corrected chi connectivity index (χ4v) is 2.48. The zero-order valence-corrected chi connectivity index (χ0v) is 12.9. The number of amides is 1. The van der Waals surface area contributed by atoms with Crippen molar-refractivity contribution in [3.63, 3.8) is 0 Å². The number of para-hydroxylation sites is 1. The third-order valence-electron chi connectivity index (χ3n) is 3.65. The Hall–Kier alpha value is -3.99. The van der Waals surface area contributed by atoms with E-state index in [1.807, 2.05) is 36.4 Å². The Bertz CT molecular complexity index is 1100. The highest BCUT2D eigenvalue weighted by Crippen LogP contribution is 2.21. The highest BCUT2D eigenvalue weighted by Gasteiger charge is 2.19. The molecule has 0 atom stereocenters. The molecule has 0 radical (unpaired) electrons. The molecule has 3 heterocycles. The van der Waals surface area contributed by atoms with E-state index in [1.54, 1.807) is 18.5 Å². The summed E-state index contributed by atoms with van der Waals surface area (Å²) in [6.07, 6.45) is 6.14. The standard InChI is InChI=1S/C17H11N7O/c18-9-12-10-21-24(13-5-2-1-3-6-13)15(12)22-17(25)14-11-20-23-8-4-7-19-16(14)23/h1-8,10-11H,(H,22,25). The van der Waals surface area contributed by atoms with Gasteiger partial charge in [-0.1, -0.05) is 18.2 Å². The van der Waals surface area contributed by atoms with Crippen LogP contribution in [0.5, 0.6) is 0 Å². The quantitative estimate of drug-likeness (QED) is 0.620. The minimum Gasteiger partial charge on any atom is -0.305 e. The number of carbonyl (C=O) groups excluding carboxylic acids is 1. The van der Waals surface area contributed by atoms with E-state index in [4.69, 9.17) is 0 Å².